The van der Waals surface area contributed by atoms with Crippen LogP contribution in [0.15, 0.2) is 65.1 Å². The summed E-state index contributed by atoms with van der Waals surface area (Å²) in [6, 6.07) is 20.3. The fourth-order valence-corrected chi connectivity index (χ4v) is 3.71. The second-order valence-electron chi connectivity index (χ2n) is 6.60. The van der Waals surface area contributed by atoms with Crippen molar-refractivity contribution in [1.29, 1.82) is 0 Å². The van der Waals surface area contributed by atoms with Gasteiger partial charge in [0, 0.05) is 5.56 Å². The number of H-pyrrole nitrogens is 1. The molecule has 4 nitrogen and oxygen atoms in total. The van der Waals surface area contributed by atoms with Crippen molar-refractivity contribution in [3.8, 4) is 22.9 Å². The van der Waals surface area contributed by atoms with E-state index in [0.29, 0.717) is 24.7 Å². The molecule has 0 aliphatic carbocycles. The summed E-state index contributed by atoms with van der Waals surface area (Å²) in [5, 5.41) is 0. The molecule has 0 amide bonds. The number of benzene rings is 3. The predicted octanol–water partition coefficient (Wildman–Crippen LogP) is 6.28. The maximum absolute atomic E-state index is 6.11. The largest absolute Gasteiger partial charge is 0.490 e. The summed E-state index contributed by atoms with van der Waals surface area (Å²) in [4.78, 5) is 8.05. The molecule has 0 spiro atoms. The Morgan fingerprint density at radius 3 is 2.64 bits per heavy atom. The number of aromatic amines is 1. The SMILES string of the molecule is CCOc1cc(-c2nc3ccccc3[nH]2)cc(Br)c1OCc1cccc(C)c1. The maximum atomic E-state index is 6.11. The molecule has 3 aromatic carbocycles. The average molecular weight is 437 g/mol. The zero-order valence-electron chi connectivity index (χ0n) is 15.8. The molecule has 28 heavy (non-hydrogen) atoms. The third-order valence-corrected chi connectivity index (χ3v) is 5.03. The average Bonchev–Trinajstić information content (AvgIpc) is 3.12. The summed E-state index contributed by atoms with van der Waals surface area (Å²) < 4.78 is 12.8. The van der Waals surface area contributed by atoms with Crippen molar-refractivity contribution in [2.24, 2.45) is 0 Å². The Balaban J connectivity index is 1.67. The van der Waals surface area contributed by atoms with Crippen LogP contribution in [0.25, 0.3) is 22.4 Å². The topological polar surface area (TPSA) is 47.1 Å². The molecule has 0 unspecified atom stereocenters. The van der Waals surface area contributed by atoms with Crippen LogP contribution in [0.3, 0.4) is 0 Å². The lowest BCUT2D eigenvalue weighted by Crippen LogP contribution is -2.01. The number of nitrogens with one attached hydrogen (secondary N) is 1. The van der Waals surface area contributed by atoms with Gasteiger partial charge >= 0.3 is 0 Å². The Morgan fingerprint density at radius 2 is 1.86 bits per heavy atom. The summed E-state index contributed by atoms with van der Waals surface area (Å²) in [5.74, 6) is 2.19. The van der Waals surface area contributed by atoms with Crippen molar-refractivity contribution in [3.63, 3.8) is 0 Å². The highest BCUT2D eigenvalue weighted by molar-refractivity contribution is 9.10. The molecule has 0 fully saturated rings. The molecule has 0 atom stereocenters. The number of rotatable bonds is 6. The van der Waals surface area contributed by atoms with E-state index in [9.17, 15) is 0 Å². The summed E-state index contributed by atoms with van der Waals surface area (Å²) in [7, 11) is 0. The van der Waals surface area contributed by atoms with E-state index in [4.69, 9.17) is 9.47 Å². The predicted molar refractivity (Wildman–Crippen MR) is 116 cm³/mol. The van der Waals surface area contributed by atoms with Crippen molar-refractivity contribution >= 4 is 27.0 Å². The summed E-state index contributed by atoms with van der Waals surface area (Å²) in [5.41, 5.74) is 5.22. The van der Waals surface area contributed by atoms with Gasteiger partial charge in [-0.05, 0) is 59.6 Å². The minimum Gasteiger partial charge on any atom is -0.490 e. The Hall–Kier alpha value is -2.79. The van der Waals surface area contributed by atoms with Gasteiger partial charge in [-0.1, -0.05) is 42.0 Å². The number of fused-ring (bicyclic) bond motifs is 1. The number of para-hydroxylation sites is 2. The highest BCUT2D eigenvalue weighted by Gasteiger charge is 2.15. The van der Waals surface area contributed by atoms with Gasteiger partial charge in [-0.15, -0.1) is 0 Å². The summed E-state index contributed by atoms with van der Waals surface area (Å²) >= 11 is 3.65. The van der Waals surface area contributed by atoms with Crippen LogP contribution < -0.4 is 9.47 Å². The van der Waals surface area contributed by atoms with Crippen LogP contribution in [0, 0.1) is 6.92 Å². The number of ether oxygens (including phenoxy) is 2. The van der Waals surface area contributed by atoms with Gasteiger partial charge in [0.15, 0.2) is 11.5 Å². The Labute approximate surface area is 172 Å². The van der Waals surface area contributed by atoms with E-state index in [1.54, 1.807) is 0 Å². The molecule has 0 radical (unpaired) electrons. The second kappa shape index (κ2) is 8.07. The number of halogens is 1. The van der Waals surface area contributed by atoms with Gasteiger partial charge in [-0.3, -0.25) is 0 Å². The fraction of sp³-hybridized carbons (Fsp3) is 0.174. The molecular formula is C23H21BrN2O2. The number of hydrogen-bond donors (Lipinski definition) is 1. The van der Waals surface area contributed by atoms with Crippen LogP contribution in [0.2, 0.25) is 0 Å². The second-order valence-corrected chi connectivity index (χ2v) is 7.45. The van der Waals surface area contributed by atoms with Gasteiger partial charge < -0.3 is 14.5 Å². The lowest BCUT2D eigenvalue weighted by Gasteiger charge is -2.15. The van der Waals surface area contributed by atoms with Crippen LogP contribution in [0.4, 0.5) is 0 Å². The van der Waals surface area contributed by atoms with Crippen molar-refractivity contribution < 1.29 is 9.47 Å². The number of imidazole rings is 1. The minimum absolute atomic E-state index is 0.477. The van der Waals surface area contributed by atoms with Crippen LogP contribution >= 0.6 is 15.9 Å². The first-order valence-corrected chi connectivity index (χ1v) is 10.0. The standard InChI is InChI=1S/C23H21BrN2O2/c1-3-27-21-13-17(23-25-19-9-4-5-10-20(19)26-23)12-18(24)22(21)28-14-16-8-6-7-15(2)11-16/h4-13H,3,14H2,1-2H3,(H,25,26). The van der Waals surface area contributed by atoms with Gasteiger partial charge in [0.25, 0.3) is 0 Å². The van der Waals surface area contributed by atoms with E-state index in [0.717, 1.165) is 32.5 Å². The first kappa shape index (κ1) is 18.6. The zero-order chi connectivity index (χ0) is 19.5. The molecular weight excluding hydrogens is 416 g/mol. The molecule has 1 N–H and O–H groups in total. The Morgan fingerprint density at radius 1 is 1.00 bits per heavy atom. The highest BCUT2D eigenvalue weighted by Crippen LogP contribution is 2.40. The highest BCUT2D eigenvalue weighted by atomic mass is 79.9. The Bertz CT molecular complexity index is 1090. The van der Waals surface area contributed by atoms with Gasteiger partial charge in [0.2, 0.25) is 0 Å². The van der Waals surface area contributed by atoms with E-state index in [-0.39, 0.29) is 0 Å². The van der Waals surface area contributed by atoms with E-state index in [1.165, 1.54) is 5.56 Å². The summed E-state index contributed by atoms with van der Waals surface area (Å²) in [6.07, 6.45) is 0. The van der Waals surface area contributed by atoms with Gasteiger partial charge in [0.05, 0.1) is 22.1 Å². The van der Waals surface area contributed by atoms with E-state index in [1.807, 2.05) is 49.4 Å². The molecule has 0 saturated heterocycles. The monoisotopic (exact) mass is 436 g/mol. The molecule has 4 aromatic rings. The van der Waals surface area contributed by atoms with Crippen LogP contribution in [-0.4, -0.2) is 16.6 Å². The lowest BCUT2D eigenvalue weighted by molar-refractivity contribution is 0.268. The fourth-order valence-electron chi connectivity index (χ4n) is 3.15. The van der Waals surface area contributed by atoms with Crippen molar-refractivity contribution in [3.05, 3.63) is 76.3 Å². The molecule has 0 bridgehead atoms. The number of hydrogen-bond acceptors (Lipinski definition) is 3. The molecule has 0 saturated carbocycles. The van der Waals surface area contributed by atoms with Crippen molar-refractivity contribution in [2.75, 3.05) is 6.61 Å². The number of nitrogens with zero attached hydrogens (tertiary/aromatic N) is 1. The van der Waals surface area contributed by atoms with Gasteiger partial charge in [-0.25, -0.2) is 4.98 Å². The third-order valence-electron chi connectivity index (χ3n) is 4.44. The normalized spacial score (nSPS) is 11.0. The molecule has 1 heterocycles. The van der Waals surface area contributed by atoms with E-state index >= 15 is 0 Å². The van der Waals surface area contributed by atoms with Crippen LogP contribution in [0.5, 0.6) is 11.5 Å². The molecule has 0 aliphatic heterocycles. The minimum atomic E-state index is 0.477. The molecule has 5 heteroatoms. The molecule has 1 aromatic heterocycles. The van der Waals surface area contributed by atoms with E-state index in [2.05, 4.69) is 51.0 Å². The van der Waals surface area contributed by atoms with Gasteiger partial charge in [-0.2, -0.15) is 0 Å². The van der Waals surface area contributed by atoms with E-state index < -0.39 is 0 Å². The van der Waals surface area contributed by atoms with Crippen LogP contribution in [0.1, 0.15) is 18.1 Å². The molecule has 4 rings (SSSR count). The smallest absolute Gasteiger partial charge is 0.175 e. The molecule has 0 aliphatic rings. The first-order valence-electron chi connectivity index (χ1n) is 9.24. The maximum Gasteiger partial charge on any atom is 0.175 e. The Kier molecular flexibility index (Phi) is 5.35. The molecule has 142 valence electrons. The van der Waals surface area contributed by atoms with Crippen molar-refractivity contribution in [1.82, 2.24) is 9.97 Å². The zero-order valence-corrected chi connectivity index (χ0v) is 17.4. The number of aromatic nitrogens is 2. The van der Waals surface area contributed by atoms with Crippen LogP contribution in [-0.2, 0) is 6.61 Å². The number of aryl methyl sites for hydroxylation is 1. The van der Waals surface area contributed by atoms with Gasteiger partial charge in [0.1, 0.15) is 12.4 Å². The lowest BCUT2D eigenvalue weighted by atomic mass is 10.1. The van der Waals surface area contributed by atoms with Crippen molar-refractivity contribution in [2.45, 2.75) is 20.5 Å². The summed E-state index contributed by atoms with van der Waals surface area (Å²) in [6.45, 7) is 5.07. The first-order chi connectivity index (χ1) is 13.6. The quantitative estimate of drug-likeness (QED) is 0.386. The third kappa shape index (κ3) is 3.90.